The van der Waals surface area contributed by atoms with Crippen molar-refractivity contribution in [3.63, 3.8) is 0 Å². The number of ether oxygens (including phenoxy) is 3. The highest BCUT2D eigenvalue weighted by Crippen LogP contribution is 2.20. The highest BCUT2D eigenvalue weighted by atomic mass is 16.5. The van der Waals surface area contributed by atoms with Crippen molar-refractivity contribution in [2.24, 2.45) is 0 Å². The fraction of sp³-hybridized carbons (Fsp3) is 0.625. The van der Waals surface area contributed by atoms with Crippen molar-refractivity contribution in [1.29, 1.82) is 0 Å². The van der Waals surface area contributed by atoms with Crippen LogP contribution in [0.3, 0.4) is 0 Å². The Kier molecular flexibility index (Phi) is 8.26. The van der Waals surface area contributed by atoms with E-state index in [4.69, 9.17) is 14.2 Å². The van der Waals surface area contributed by atoms with E-state index >= 15 is 0 Å². The molecule has 1 atom stereocenters. The van der Waals surface area contributed by atoms with E-state index in [1.165, 1.54) is 5.56 Å². The summed E-state index contributed by atoms with van der Waals surface area (Å²) in [6.45, 7) is 6.07. The van der Waals surface area contributed by atoms with Gasteiger partial charge in [0.25, 0.3) is 0 Å². The Labute approximate surface area is 122 Å². The minimum absolute atomic E-state index is 0.204. The average molecular weight is 281 g/mol. The normalized spacial score (nSPS) is 12.7. The molecule has 0 spiro atoms. The quantitative estimate of drug-likeness (QED) is 0.669. The lowest BCUT2D eigenvalue weighted by molar-refractivity contribution is 0.0661. The Morgan fingerprint density at radius 3 is 2.30 bits per heavy atom. The van der Waals surface area contributed by atoms with E-state index in [-0.39, 0.29) is 6.10 Å². The lowest BCUT2D eigenvalue weighted by Crippen LogP contribution is -2.19. The SMILES string of the molecule is CNC(CCOCCOC)c1ccc(OC(C)C)cc1. The second kappa shape index (κ2) is 9.75. The maximum atomic E-state index is 5.65. The Morgan fingerprint density at radius 1 is 1.05 bits per heavy atom. The van der Waals surface area contributed by atoms with Gasteiger partial charge in [-0.1, -0.05) is 12.1 Å². The molecule has 1 N–H and O–H groups in total. The molecule has 0 aromatic heterocycles. The molecule has 4 nitrogen and oxygen atoms in total. The maximum Gasteiger partial charge on any atom is 0.119 e. The molecule has 20 heavy (non-hydrogen) atoms. The highest BCUT2D eigenvalue weighted by molar-refractivity contribution is 5.29. The maximum absolute atomic E-state index is 5.65. The van der Waals surface area contributed by atoms with Crippen LogP contribution < -0.4 is 10.1 Å². The second-order valence-corrected chi connectivity index (χ2v) is 4.97. The van der Waals surface area contributed by atoms with Crippen LogP contribution in [0.25, 0.3) is 0 Å². The molecule has 0 saturated carbocycles. The van der Waals surface area contributed by atoms with Gasteiger partial charge in [0.05, 0.1) is 19.3 Å². The van der Waals surface area contributed by atoms with Crippen molar-refractivity contribution >= 4 is 0 Å². The summed E-state index contributed by atoms with van der Waals surface area (Å²) >= 11 is 0. The van der Waals surface area contributed by atoms with E-state index in [0.717, 1.165) is 18.8 Å². The molecule has 0 amide bonds. The molecule has 1 aromatic rings. The van der Waals surface area contributed by atoms with Crippen molar-refractivity contribution in [2.45, 2.75) is 32.4 Å². The number of hydrogen-bond donors (Lipinski definition) is 1. The molecule has 0 aliphatic carbocycles. The molecule has 0 heterocycles. The van der Waals surface area contributed by atoms with E-state index in [2.05, 4.69) is 17.4 Å². The summed E-state index contributed by atoms with van der Waals surface area (Å²) < 4.78 is 16.1. The van der Waals surface area contributed by atoms with Crippen LogP contribution in [0.5, 0.6) is 5.75 Å². The highest BCUT2D eigenvalue weighted by Gasteiger charge is 2.09. The van der Waals surface area contributed by atoms with Crippen LogP contribution in [0.4, 0.5) is 0 Å². The zero-order valence-electron chi connectivity index (χ0n) is 13.0. The van der Waals surface area contributed by atoms with Gasteiger partial charge in [0, 0.05) is 19.8 Å². The van der Waals surface area contributed by atoms with Crippen LogP contribution in [0.1, 0.15) is 31.9 Å². The van der Waals surface area contributed by atoms with Crippen LogP contribution >= 0.6 is 0 Å². The molecule has 0 aliphatic heterocycles. The van der Waals surface area contributed by atoms with Crippen LogP contribution in [-0.2, 0) is 9.47 Å². The summed E-state index contributed by atoms with van der Waals surface area (Å²) in [5, 5.41) is 3.32. The van der Waals surface area contributed by atoms with Gasteiger partial charge < -0.3 is 19.5 Å². The molecule has 0 bridgehead atoms. The van der Waals surface area contributed by atoms with Gasteiger partial charge in [-0.15, -0.1) is 0 Å². The van der Waals surface area contributed by atoms with Gasteiger partial charge in [0.1, 0.15) is 5.75 Å². The molecule has 0 radical (unpaired) electrons. The largest absolute Gasteiger partial charge is 0.491 e. The predicted molar refractivity (Wildman–Crippen MR) is 81.3 cm³/mol. The molecule has 0 saturated heterocycles. The Bertz CT molecular complexity index is 351. The predicted octanol–water partition coefficient (Wildman–Crippen LogP) is 2.79. The van der Waals surface area contributed by atoms with Gasteiger partial charge in [-0.25, -0.2) is 0 Å². The molecule has 114 valence electrons. The van der Waals surface area contributed by atoms with E-state index in [1.54, 1.807) is 7.11 Å². The lowest BCUT2D eigenvalue weighted by Gasteiger charge is -2.17. The van der Waals surface area contributed by atoms with Crippen molar-refractivity contribution in [3.8, 4) is 5.75 Å². The van der Waals surface area contributed by atoms with Crippen molar-refractivity contribution in [1.82, 2.24) is 5.32 Å². The summed E-state index contributed by atoms with van der Waals surface area (Å²) in [7, 11) is 3.65. The number of rotatable bonds is 10. The summed E-state index contributed by atoms with van der Waals surface area (Å²) in [5.74, 6) is 0.912. The Balaban J connectivity index is 2.44. The van der Waals surface area contributed by atoms with Gasteiger partial charge in [-0.05, 0) is 45.0 Å². The molecule has 4 heteroatoms. The number of nitrogens with one attached hydrogen (secondary N) is 1. The third kappa shape index (κ3) is 6.37. The summed E-state index contributed by atoms with van der Waals surface area (Å²) in [5.41, 5.74) is 1.25. The second-order valence-electron chi connectivity index (χ2n) is 4.97. The molecular weight excluding hydrogens is 254 g/mol. The number of hydrogen-bond acceptors (Lipinski definition) is 4. The number of methoxy groups -OCH3 is 1. The monoisotopic (exact) mass is 281 g/mol. The van der Waals surface area contributed by atoms with Gasteiger partial charge in [0.2, 0.25) is 0 Å². The van der Waals surface area contributed by atoms with Crippen molar-refractivity contribution < 1.29 is 14.2 Å². The molecule has 1 unspecified atom stereocenters. The summed E-state index contributed by atoms with van der Waals surface area (Å²) in [6, 6.07) is 8.55. The van der Waals surface area contributed by atoms with Crippen LogP contribution in [0, 0.1) is 0 Å². The number of benzene rings is 1. The Morgan fingerprint density at radius 2 is 1.75 bits per heavy atom. The Hall–Kier alpha value is -1.10. The summed E-state index contributed by atoms with van der Waals surface area (Å²) in [4.78, 5) is 0. The fourth-order valence-corrected chi connectivity index (χ4v) is 1.97. The standard InChI is InChI=1S/C16H27NO3/c1-13(2)20-15-7-5-14(6-8-15)16(17-3)9-10-19-12-11-18-4/h5-8,13,16-17H,9-12H2,1-4H3. The first-order valence-electron chi connectivity index (χ1n) is 7.18. The molecule has 0 fully saturated rings. The van der Waals surface area contributed by atoms with Gasteiger partial charge >= 0.3 is 0 Å². The molecular formula is C16H27NO3. The van der Waals surface area contributed by atoms with Gasteiger partial charge in [-0.3, -0.25) is 0 Å². The summed E-state index contributed by atoms with van der Waals surface area (Å²) in [6.07, 6.45) is 1.14. The molecule has 1 rings (SSSR count). The molecule has 1 aromatic carbocycles. The third-order valence-corrected chi connectivity index (χ3v) is 2.99. The molecule has 0 aliphatic rings. The zero-order chi connectivity index (χ0) is 14.8. The van der Waals surface area contributed by atoms with Crippen LogP contribution in [0.15, 0.2) is 24.3 Å². The van der Waals surface area contributed by atoms with E-state index in [1.807, 2.05) is 33.0 Å². The minimum atomic E-state index is 0.204. The fourth-order valence-electron chi connectivity index (χ4n) is 1.97. The van der Waals surface area contributed by atoms with Gasteiger partial charge in [0.15, 0.2) is 0 Å². The first kappa shape index (κ1) is 17.0. The topological polar surface area (TPSA) is 39.7 Å². The minimum Gasteiger partial charge on any atom is -0.491 e. The smallest absolute Gasteiger partial charge is 0.119 e. The lowest BCUT2D eigenvalue weighted by atomic mass is 10.0. The van der Waals surface area contributed by atoms with Crippen LogP contribution in [-0.4, -0.2) is 40.1 Å². The van der Waals surface area contributed by atoms with Gasteiger partial charge in [-0.2, -0.15) is 0 Å². The van der Waals surface area contributed by atoms with E-state index < -0.39 is 0 Å². The first-order valence-corrected chi connectivity index (χ1v) is 7.18. The average Bonchev–Trinajstić information content (AvgIpc) is 2.43. The zero-order valence-corrected chi connectivity index (χ0v) is 13.0. The van der Waals surface area contributed by atoms with Crippen LogP contribution in [0.2, 0.25) is 0 Å². The van der Waals surface area contributed by atoms with E-state index in [0.29, 0.717) is 19.3 Å². The first-order chi connectivity index (χ1) is 9.67. The van der Waals surface area contributed by atoms with Crippen molar-refractivity contribution in [3.05, 3.63) is 29.8 Å². The third-order valence-electron chi connectivity index (χ3n) is 2.99. The van der Waals surface area contributed by atoms with E-state index in [9.17, 15) is 0 Å². The van der Waals surface area contributed by atoms with Crippen molar-refractivity contribution in [2.75, 3.05) is 34.0 Å².